The number of aromatic amines is 1. The summed E-state index contributed by atoms with van der Waals surface area (Å²) in [5, 5.41) is 4.91. The van der Waals surface area contributed by atoms with Crippen LogP contribution < -0.4 is 20.1 Å². The molecule has 0 radical (unpaired) electrons. The van der Waals surface area contributed by atoms with Crippen LogP contribution >= 0.6 is 58.6 Å². The number of ether oxygens (including phenoxy) is 3. The maximum absolute atomic E-state index is 11.1. The number of benzene rings is 2. The second-order valence-corrected chi connectivity index (χ2v) is 12.0. The van der Waals surface area contributed by atoms with Crippen LogP contribution in [0.1, 0.15) is 20.3 Å². The van der Waals surface area contributed by atoms with Crippen molar-refractivity contribution in [1.29, 1.82) is 0 Å². The molecular formula is C29H39ClN6O5S4. The number of halogens is 1. The van der Waals surface area contributed by atoms with Crippen molar-refractivity contribution in [2.45, 2.75) is 24.6 Å². The monoisotopic (exact) mass is 714 g/mol. The lowest BCUT2D eigenvalue weighted by Crippen LogP contribution is -2.19. The number of carbonyl (C=O) groups is 2. The number of aromatic nitrogens is 4. The molecule has 246 valence electrons. The summed E-state index contributed by atoms with van der Waals surface area (Å²) in [7, 11) is 6.44. The van der Waals surface area contributed by atoms with Gasteiger partial charge < -0.3 is 24.8 Å². The fourth-order valence-electron chi connectivity index (χ4n) is 3.00. The van der Waals surface area contributed by atoms with Crippen molar-refractivity contribution in [3.8, 4) is 34.3 Å². The third-order valence-corrected chi connectivity index (χ3v) is 8.37. The summed E-state index contributed by atoms with van der Waals surface area (Å²) in [6, 6.07) is 15.2. The van der Waals surface area contributed by atoms with Crippen molar-refractivity contribution in [3.05, 3.63) is 52.5 Å². The molecular weight excluding hydrogens is 676 g/mol. The summed E-state index contributed by atoms with van der Waals surface area (Å²) in [5.41, 5.74) is 1.95. The van der Waals surface area contributed by atoms with Crippen molar-refractivity contribution in [2.75, 3.05) is 53.2 Å². The lowest BCUT2D eigenvalue weighted by molar-refractivity contribution is -0.118. The number of H-pyrrole nitrogens is 1. The molecule has 11 nitrogen and oxygen atoms in total. The highest BCUT2D eigenvalue weighted by Crippen LogP contribution is 2.26. The molecule has 1 aliphatic rings. The van der Waals surface area contributed by atoms with Crippen LogP contribution in [0.15, 0.2) is 52.9 Å². The number of nitrogens with one attached hydrogen (secondary N) is 3. The van der Waals surface area contributed by atoms with Crippen LogP contribution in [0.2, 0.25) is 0 Å². The lowest BCUT2D eigenvalue weighted by Gasteiger charge is -1.99. The van der Waals surface area contributed by atoms with Gasteiger partial charge in [0.15, 0.2) is 14.1 Å². The molecule has 3 N–H and O–H groups in total. The minimum atomic E-state index is -0.142. The van der Waals surface area contributed by atoms with E-state index in [0.717, 1.165) is 46.0 Å². The Labute approximate surface area is 286 Å². The largest absolute Gasteiger partial charge is 0.497 e. The predicted molar refractivity (Wildman–Crippen MR) is 188 cm³/mol. The Balaban J connectivity index is 0.000000339. The van der Waals surface area contributed by atoms with Gasteiger partial charge in [-0.25, -0.2) is 9.97 Å². The molecule has 5 rings (SSSR count). The molecule has 2 aromatic heterocycles. The number of rotatable bonds is 8. The summed E-state index contributed by atoms with van der Waals surface area (Å²) in [6.45, 7) is 2.00. The number of thioether (sulfide) groups is 1. The number of methoxy groups -OCH3 is 2. The topological polar surface area (TPSA) is 140 Å². The highest BCUT2D eigenvalue weighted by atomic mass is 35.5. The SMILES string of the molecule is C.C1CCOC1.CNC(=O)CCl.CNC(=O)CSc1nc(-c2ccc(OC)cc2)ns1.COc1ccc(-c2nc(=S)s[nH]2)cc1. The molecule has 2 aromatic carbocycles. The molecule has 1 fully saturated rings. The van der Waals surface area contributed by atoms with Gasteiger partial charge >= 0.3 is 0 Å². The quantitative estimate of drug-likeness (QED) is 0.108. The zero-order chi connectivity index (χ0) is 32.2. The molecule has 2 amide bonds. The van der Waals surface area contributed by atoms with E-state index in [-0.39, 0.29) is 25.1 Å². The van der Waals surface area contributed by atoms with Gasteiger partial charge in [0.2, 0.25) is 11.8 Å². The molecule has 0 aliphatic carbocycles. The Kier molecular flexibility index (Phi) is 20.7. The molecule has 0 bridgehead atoms. The summed E-state index contributed by atoms with van der Waals surface area (Å²) < 4.78 is 23.8. The van der Waals surface area contributed by atoms with E-state index in [1.807, 2.05) is 48.5 Å². The molecule has 0 unspecified atom stereocenters. The number of amides is 2. The molecule has 0 saturated carbocycles. The van der Waals surface area contributed by atoms with Gasteiger partial charge in [0.1, 0.15) is 23.2 Å². The first kappa shape index (κ1) is 39.9. The maximum atomic E-state index is 11.1. The highest BCUT2D eigenvalue weighted by molar-refractivity contribution is 8.01. The van der Waals surface area contributed by atoms with Crippen LogP contribution in [-0.2, 0) is 14.3 Å². The van der Waals surface area contributed by atoms with Crippen molar-refractivity contribution < 1.29 is 23.8 Å². The van der Waals surface area contributed by atoms with Crippen LogP contribution in [0.3, 0.4) is 0 Å². The minimum absolute atomic E-state index is 0. The first-order chi connectivity index (χ1) is 21.3. The van der Waals surface area contributed by atoms with E-state index in [1.165, 1.54) is 47.7 Å². The third kappa shape index (κ3) is 15.7. The van der Waals surface area contributed by atoms with Gasteiger partial charge in [-0.1, -0.05) is 19.2 Å². The summed E-state index contributed by atoms with van der Waals surface area (Å²) >= 11 is 14.0. The minimum Gasteiger partial charge on any atom is -0.497 e. The van der Waals surface area contributed by atoms with E-state index >= 15 is 0 Å². The zero-order valence-electron chi connectivity index (χ0n) is 24.8. The van der Waals surface area contributed by atoms with Crippen LogP contribution in [0, 0.1) is 3.95 Å². The molecule has 1 saturated heterocycles. The standard InChI is InChI=1S/C12H13N3O2S2.C9H8N2OS2.C4H8O.C3H6ClNO.CH4/c1-13-10(16)7-18-12-14-11(15-19-12)8-3-5-9(17-2)6-4-8;1-12-7-4-2-6(3-5-7)8-10-9(13)14-11-8;1-2-4-5-3-1;1-5-3(6)2-4;/h3-6H,7H2,1-2H3,(H,13,16);2-5H,1H3,(H,10,11,13);1-4H2;2H2,1H3,(H,5,6);1H4. The highest BCUT2D eigenvalue weighted by Gasteiger charge is 2.09. The van der Waals surface area contributed by atoms with Gasteiger partial charge in [0, 0.05) is 38.4 Å². The van der Waals surface area contributed by atoms with Gasteiger partial charge in [-0.15, -0.1) is 11.6 Å². The van der Waals surface area contributed by atoms with E-state index in [2.05, 4.69) is 29.3 Å². The first-order valence-corrected chi connectivity index (χ1v) is 16.7. The van der Waals surface area contributed by atoms with E-state index in [9.17, 15) is 9.59 Å². The molecule has 45 heavy (non-hydrogen) atoms. The van der Waals surface area contributed by atoms with Crippen LogP contribution in [0.25, 0.3) is 22.8 Å². The van der Waals surface area contributed by atoms with Gasteiger partial charge in [0.05, 0.1) is 20.0 Å². The fraction of sp³-hybridized carbons (Fsp3) is 0.379. The molecule has 16 heteroatoms. The van der Waals surface area contributed by atoms with Gasteiger partial charge in [0.25, 0.3) is 0 Å². The van der Waals surface area contributed by atoms with E-state index in [1.54, 1.807) is 28.3 Å². The number of hydrogen-bond acceptors (Lipinski definition) is 12. The molecule has 0 spiro atoms. The van der Waals surface area contributed by atoms with E-state index in [0.29, 0.717) is 15.5 Å². The second kappa shape index (κ2) is 23.3. The van der Waals surface area contributed by atoms with E-state index < -0.39 is 0 Å². The zero-order valence-corrected chi connectivity index (χ0v) is 28.8. The normalized spacial score (nSPS) is 11.1. The fourth-order valence-corrected chi connectivity index (χ4v) is 5.33. The smallest absolute Gasteiger partial charge is 0.234 e. The average Bonchev–Trinajstić information content (AvgIpc) is 3.89. The summed E-state index contributed by atoms with van der Waals surface area (Å²) in [4.78, 5) is 29.6. The second-order valence-electron chi connectivity index (χ2n) is 8.36. The number of nitrogens with zero attached hydrogens (tertiary/aromatic N) is 3. The number of alkyl halides is 1. The lowest BCUT2D eigenvalue weighted by atomic mass is 10.2. The van der Waals surface area contributed by atoms with Crippen molar-refractivity contribution in [1.82, 2.24) is 29.3 Å². The molecule has 0 atom stereocenters. The summed E-state index contributed by atoms with van der Waals surface area (Å²) in [6.07, 6.45) is 2.56. The van der Waals surface area contributed by atoms with Crippen molar-refractivity contribution in [2.24, 2.45) is 0 Å². The molecule has 4 aromatic rings. The molecule has 1 aliphatic heterocycles. The predicted octanol–water partition coefficient (Wildman–Crippen LogP) is 6.33. The van der Waals surface area contributed by atoms with Crippen LogP contribution in [0.5, 0.6) is 11.5 Å². The third-order valence-electron chi connectivity index (χ3n) is 5.39. The van der Waals surface area contributed by atoms with Crippen LogP contribution in [0.4, 0.5) is 0 Å². The molecule has 3 heterocycles. The van der Waals surface area contributed by atoms with Gasteiger partial charge in [-0.3, -0.25) is 14.0 Å². The maximum Gasteiger partial charge on any atom is 0.234 e. The summed E-state index contributed by atoms with van der Waals surface area (Å²) in [5.74, 6) is 3.36. The number of hydrogen-bond donors (Lipinski definition) is 3. The Bertz CT molecular complexity index is 1430. The number of carbonyl (C=O) groups excluding carboxylic acids is 2. The van der Waals surface area contributed by atoms with Gasteiger partial charge in [-0.2, -0.15) is 4.37 Å². The Morgan fingerprint density at radius 2 is 1.51 bits per heavy atom. The Morgan fingerprint density at radius 3 is 1.91 bits per heavy atom. The van der Waals surface area contributed by atoms with Crippen molar-refractivity contribution >= 4 is 70.5 Å². The Hall–Kier alpha value is -3.08. The van der Waals surface area contributed by atoms with Crippen molar-refractivity contribution in [3.63, 3.8) is 0 Å². The van der Waals surface area contributed by atoms with Gasteiger partial charge in [-0.05, 0) is 96.7 Å². The average molecular weight is 715 g/mol. The van der Waals surface area contributed by atoms with E-state index in [4.69, 9.17) is 38.0 Å². The first-order valence-electron chi connectivity index (χ1n) is 13.2. The van der Waals surface area contributed by atoms with Crippen LogP contribution in [-0.4, -0.2) is 83.7 Å². The Morgan fingerprint density at radius 1 is 0.956 bits per heavy atom.